The second-order valence-electron chi connectivity index (χ2n) is 7.74. The van der Waals surface area contributed by atoms with Crippen molar-refractivity contribution < 1.29 is 9.47 Å². The summed E-state index contributed by atoms with van der Waals surface area (Å²) < 4.78 is 12.0. The lowest BCUT2D eigenvalue weighted by atomic mass is 9.91. The number of methoxy groups -OCH3 is 1. The van der Waals surface area contributed by atoms with Crippen LogP contribution in [0.3, 0.4) is 0 Å². The molecule has 0 aliphatic heterocycles. The van der Waals surface area contributed by atoms with Crippen molar-refractivity contribution in [1.82, 2.24) is 5.32 Å². The molecule has 0 aliphatic carbocycles. The Balaban J connectivity index is 2.00. The molecule has 0 saturated heterocycles. The van der Waals surface area contributed by atoms with Gasteiger partial charge in [0.1, 0.15) is 18.1 Å². The van der Waals surface area contributed by atoms with Gasteiger partial charge in [0.15, 0.2) is 0 Å². The first-order chi connectivity index (χ1) is 15.2. The fourth-order valence-electron chi connectivity index (χ4n) is 3.99. The van der Waals surface area contributed by atoms with Crippen molar-refractivity contribution >= 4 is 13.9 Å². The third-order valence-electron chi connectivity index (χ3n) is 5.91. The minimum absolute atomic E-state index is 0.00952. The molecular formula is C27H34NO2P. The van der Waals surface area contributed by atoms with Crippen LogP contribution in [0.5, 0.6) is 11.5 Å². The van der Waals surface area contributed by atoms with Gasteiger partial charge in [-0.05, 0) is 54.5 Å². The molecule has 31 heavy (non-hydrogen) atoms. The summed E-state index contributed by atoms with van der Waals surface area (Å²) in [5.74, 6) is 1.83. The number of hydrogen-bond donors (Lipinski definition) is 1. The van der Waals surface area contributed by atoms with E-state index in [2.05, 4.69) is 79.8 Å². The first-order valence-electron chi connectivity index (χ1n) is 11.0. The molecule has 3 aromatic carbocycles. The highest BCUT2D eigenvalue weighted by atomic mass is 31.1. The fraction of sp³-hybridized carbons (Fsp3) is 0.333. The van der Waals surface area contributed by atoms with Crippen LogP contribution in [0.25, 0.3) is 0 Å². The number of ether oxygens (including phenoxy) is 2. The maximum Gasteiger partial charge on any atom is 0.124 e. The molecule has 1 atom stereocenters. The summed E-state index contributed by atoms with van der Waals surface area (Å²) in [6.45, 7) is 6.01. The normalized spacial score (nSPS) is 11.7. The molecule has 164 valence electrons. The molecular weight excluding hydrogens is 401 g/mol. The van der Waals surface area contributed by atoms with E-state index in [0.717, 1.165) is 30.9 Å². The highest BCUT2D eigenvalue weighted by molar-refractivity contribution is 7.48. The van der Waals surface area contributed by atoms with E-state index in [1.54, 1.807) is 7.11 Å². The van der Waals surface area contributed by atoms with Gasteiger partial charge in [-0.15, -0.1) is 0 Å². The van der Waals surface area contributed by atoms with E-state index >= 15 is 0 Å². The molecule has 0 aromatic heterocycles. The second-order valence-corrected chi connectivity index (χ2v) is 9.48. The SMILES string of the molecule is CCC(CC)(Pc1ccccc1CNC)c1cc(OC)ccc1OCc1ccccc1. The third-order valence-corrected chi connectivity index (χ3v) is 8.12. The zero-order valence-electron chi connectivity index (χ0n) is 19.1. The smallest absolute Gasteiger partial charge is 0.124 e. The van der Waals surface area contributed by atoms with Crippen molar-refractivity contribution in [1.29, 1.82) is 0 Å². The van der Waals surface area contributed by atoms with Crippen molar-refractivity contribution in [2.45, 2.75) is 45.0 Å². The summed E-state index contributed by atoms with van der Waals surface area (Å²) in [7, 11) is 4.38. The molecule has 0 bridgehead atoms. The average Bonchev–Trinajstić information content (AvgIpc) is 2.83. The second kappa shape index (κ2) is 11.3. The topological polar surface area (TPSA) is 30.5 Å². The summed E-state index contributed by atoms with van der Waals surface area (Å²) in [4.78, 5) is 0. The molecule has 0 amide bonds. The molecule has 3 nitrogen and oxygen atoms in total. The number of nitrogens with one attached hydrogen (secondary N) is 1. The van der Waals surface area contributed by atoms with Crippen LogP contribution >= 0.6 is 8.58 Å². The van der Waals surface area contributed by atoms with Gasteiger partial charge in [0, 0.05) is 17.3 Å². The van der Waals surface area contributed by atoms with Crippen LogP contribution in [0.4, 0.5) is 0 Å². The molecule has 1 unspecified atom stereocenters. The van der Waals surface area contributed by atoms with Gasteiger partial charge in [0.05, 0.1) is 7.11 Å². The van der Waals surface area contributed by atoms with Gasteiger partial charge in [-0.25, -0.2) is 0 Å². The minimum atomic E-state index is -0.00952. The van der Waals surface area contributed by atoms with Crippen molar-refractivity contribution in [2.75, 3.05) is 14.2 Å². The Morgan fingerprint density at radius 3 is 2.29 bits per heavy atom. The van der Waals surface area contributed by atoms with Crippen molar-refractivity contribution in [3.8, 4) is 11.5 Å². The Kier molecular flexibility index (Phi) is 8.51. The summed E-state index contributed by atoms with van der Waals surface area (Å²) >= 11 is 0. The largest absolute Gasteiger partial charge is 0.497 e. The Morgan fingerprint density at radius 2 is 1.61 bits per heavy atom. The third kappa shape index (κ3) is 5.67. The van der Waals surface area contributed by atoms with Crippen molar-refractivity contribution in [2.24, 2.45) is 0 Å². The minimum Gasteiger partial charge on any atom is -0.497 e. The standard InChI is InChI=1S/C27H34NO2P/c1-5-27(6-2,31-26-15-11-10-14-22(26)19-28-3)24-18-23(29-4)16-17-25(24)30-20-21-12-8-7-9-13-21/h7-18,28,31H,5-6,19-20H2,1-4H3. The molecule has 0 aliphatic rings. The van der Waals surface area contributed by atoms with Gasteiger partial charge in [-0.3, -0.25) is 0 Å². The maximum atomic E-state index is 6.38. The molecule has 4 heteroatoms. The van der Waals surface area contributed by atoms with Crippen LogP contribution in [0.1, 0.15) is 43.4 Å². The van der Waals surface area contributed by atoms with E-state index in [0.29, 0.717) is 15.2 Å². The first kappa shape index (κ1) is 23.3. The first-order valence-corrected chi connectivity index (χ1v) is 12.0. The van der Waals surface area contributed by atoms with E-state index < -0.39 is 0 Å². The Labute approximate surface area is 189 Å². The predicted octanol–water partition coefficient (Wildman–Crippen LogP) is 6.01. The lowest BCUT2D eigenvalue weighted by Gasteiger charge is -2.35. The van der Waals surface area contributed by atoms with Crippen LogP contribution in [-0.4, -0.2) is 14.2 Å². The van der Waals surface area contributed by atoms with E-state index in [4.69, 9.17) is 9.47 Å². The van der Waals surface area contributed by atoms with E-state index in [9.17, 15) is 0 Å². The Bertz CT molecular complexity index is 954. The maximum absolute atomic E-state index is 6.38. The van der Waals surface area contributed by atoms with Crippen LogP contribution in [0, 0.1) is 0 Å². The van der Waals surface area contributed by atoms with Crippen LogP contribution in [0.15, 0.2) is 72.8 Å². The zero-order chi connectivity index (χ0) is 22.1. The van der Waals surface area contributed by atoms with Gasteiger partial charge in [0.25, 0.3) is 0 Å². The van der Waals surface area contributed by atoms with E-state index in [-0.39, 0.29) is 5.16 Å². The number of rotatable bonds is 11. The summed E-state index contributed by atoms with van der Waals surface area (Å²) in [5, 5.41) is 4.72. The quantitative estimate of drug-likeness (QED) is 0.374. The van der Waals surface area contributed by atoms with Gasteiger partial charge < -0.3 is 14.8 Å². The fourth-order valence-corrected chi connectivity index (χ4v) is 5.70. The summed E-state index contributed by atoms with van der Waals surface area (Å²) in [6, 6.07) is 25.4. The van der Waals surface area contributed by atoms with Crippen LogP contribution in [0.2, 0.25) is 0 Å². The molecule has 0 spiro atoms. The summed E-state index contributed by atoms with van der Waals surface area (Å²) in [5.41, 5.74) is 3.78. The van der Waals surface area contributed by atoms with Crippen molar-refractivity contribution in [3.63, 3.8) is 0 Å². The van der Waals surface area contributed by atoms with Gasteiger partial charge in [-0.2, -0.15) is 0 Å². The molecule has 1 N–H and O–H groups in total. The monoisotopic (exact) mass is 435 g/mol. The molecule has 0 radical (unpaired) electrons. The lowest BCUT2D eigenvalue weighted by Crippen LogP contribution is -2.25. The van der Waals surface area contributed by atoms with Gasteiger partial charge >= 0.3 is 0 Å². The zero-order valence-corrected chi connectivity index (χ0v) is 20.1. The van der Waals surface area contributed by atoms with E-state index in [1.807, 2.05) is 19.2 Å². The molecule has 3 rings (SSSR count). The number of benzene rings is 3. The van der Waals surface area contributed by atoms with Crippen LogP contribution < -0.4 is 20.1 Å². The van der Waals surface area contributed by atoms with Gasteiger partial charge in [0.2, 0.25) is 0 Å². The van der Waals surface area contributed by atoms with Gasteiger partial charge in [-0.1, -0.05) is 77.0 Å². The molecule has 0 saturated carbocycles. The summed E-state index contributed by atoms with van der Waals surface area (Å²) in [6.07, 6.45) is 2.06. The van der Waals surface area contributed by atoms with Crippen LogP contribution in [-0.2, 0) is 18.3 Å². The number of hydrogen-bond acceptors (Lipinski definition) is 3. The lowest BCUT2D eigenvalue weighted by molar-refractivity contribution is 0.297. The Morgan fingerprint density at radius 1 is 0.903 bits per heavy atom. The molecule has 0 heterocycles. The average molecular weight is 436 g/mol. The highest BCUT2D eigenvalue weighted by Gasteiger charge is 2.33. The Hall–Kier alpha value is -2.35. The highest BCUT2D eigenvalue weighted by Crippen LogP contribution is 2.51. The predicted molar refractivity (Wildman–Crippen MR) is 133 cm³/mol. The van der Waals surface area contributed by atoms with Crippen molar-refractivity contribution in [3.05, 3.63) is 89.5 Å². The van der Waals surface area contributed by atoms with E-state index in [1.165, 1.54) is 22.0 Å². The molecule has 0 fully saturated rings. The molecule has 3 aromatic rings.